The van der Waals surface area contributed by atoms with Gasteiger partial charge in [0.2, 0.25) is 0 Å². The first kappa shape index (κ1) is 14.5. The fraction of sp³-hybridized carbons (Fsp3) is 0.200. The lowest BCUT2D eigenvalue weighted by Gasteiger charge is -2.12. The predicted octanol–water partition coefficient (Wildman–Crippen LogP) is 2.23. The summed E-state index contributed by atoms with van der Waals surface area (Å²) in [5.74, 6) is -1.23. The molecule has 0 bridgehead atoms. The highest BCUT2D eigenvalue weighted by molar-refractivity contribution is 8.18. The summed E-state index contributed by atoms with van der Waals surface area (Å²) in [6.45, 7) is 1.73. The maximum atomic E-state index is 12.5. The van der Waals surface area contributed by atoms with Gasteiger partial charge < -0.3 is 0 Å². The minimum Gasteiger partial charge on any atom is -0.272 e. The highest BCUT2D eigenvalue weighted by Crippen LogP contribution is 2.32. The first-order valence-corrected chi connectivity index (χ1v) is 7.46. The van der Waals surface area contributed by atoms with Crippen LogP contribution in [0.2, 0.25) is 0 Å². The van der Waals surface area contributed by atoms with Gasteiger partial charge in [0.15, 0.2) is 0 Å². The molecule has 3 amide bonds. The van der Waals surface area contributed by atoms with E-state index in [1.807, 2.05) is 18.2 Å². The van der Waals surface area contributed by atoms with Gasteiger partial charge in [0.25, 0.3) is 17.1 Å². The van der Waals surface area contributed by atoms with Crippen molar-refractivity contribution >= 4 is 40.2 Å². The predicted molar refractivity (Wildman–Crippen MR) is 84.4 cm³/mol. The van der Waals surface area contributed by atoms with Crippen molar-refractivity contribution in [2.24, 2.45) is 11.0 Å². The molecule has 0 radical (unpaired) electrons. The second kappa shape index (κ2) is 5.42. The third-order valence-electron chi connectivity index (χ3n) is 3.49. The first-order valence-electron chi connectivity index (χ1n) is 6.65. The third-order valence-corrected chi connectivity index (χ3v) is 4.47. The number of rotatable bonds is 2. The van der Waals surface area contributed by atoms with Gasteiger partial charge in [0.1, 0.15) is 0 Å². The zero-order valence-electron chi connectivity index (χ0n) is 12.0. The van der Waals surface area contributed by atoms with Gasteiger partial charge in [-0.25, -0.2) is 0 Å². The van der Waals surface area contributed by atoms with Crippen LogP contribution in [0.15, 0.2) is 46.4 Å². The Morgan fingerprint density at radius 2 is 1.86 bits per heavy atom. The quantitative estimate of drug-likeness (QED) is 0.785. The molecule has 0 aromatic heterocycles. The molecule has 1 aromatic carbocycles. The number of imide groups is 1. The Balaban J connectivity index is 1.88. The van der Waals surface area contributed by atoms with Gasteiger partial charge in [-0.15, -0.1) is 0 Å². The lowest BCUT2D eigenvalue weighted by molar-refractivity contribution is -0.121. The summed E-state index contributed by atoms with van der Waals surface area (Å²) in [5, 5.41) is 5.25. The number of nitrogens with zero attached hydrogens (tertiary/aromatic N) is 3. The number of anilines is 1. The Bertz CT molecular complexity index is 727. The number of carbonyl (C=O) groups excluding carboxylic acids is 3. The number of hydrazone groups is 1. The number of likely N-dealkylation sites (N-methyl/N-ethyl adjacent to an activating group) is 1. The molecule has 1 saturated heterocycles. The van der Waals surface area contributed by atoms with Gasteiger partial charge in [-0.1, -0.05) is 18.2 Å². The second-order valence-corrected chi connectivity index (χ2v) is 5.96. The first-order chi connectivity index (χ1) is 10.5. The zero-order chi connectivity index (χ0) is 15.9. The third kappa shape index (κ3) is 2.33. The molecule has 2 aliphatic heterocycles. The van der Waals surface area contributed by atoms with E-state index in [9.17, 15) is 14.4 Å². The SMILES string of the molecule is CC1=NN(c2ccccc2)C(=O)[C@H]1/C=C1\SC(=O)N(C)C1=O. The van der Waals surface area contributed by atoms with E-state index in [1.165, 1.54) is 18.1 Å². The Morgan fingerprint density at radius 1 is 1.18 bits per heavy atom. The maximum absolute atomic E-state index is 12.5. The fourth-order valence-corrected chi connectivity index (χ4v) is 3.07. The molecule has 112 valence electrons. The smallest absolute Gasteiger partial charge is 0.272 e. The second-order valence-electron chi connectivity index (χ2n) is 4.97. The summed E-state index contributed by atoms with van der Waals surface area (Å²) in [5.41, 5.74) is 1.27. The van der Waals surface area contributed by atoms with Crippen molar-refractivity contribution in [1.82, 2.24) is 4.90 Å². The zero-order valence-corrected chi connectivity index (χ0v) is 12.8. The van der Waals surface area contributed by atoms with Crippen molar-refractivity contribution in [2.75, 3.05) is 12.1 Å². The summed E-state index contributed by atoms with van der Waals surface area (Å²) in [4.78, 5) is 37.3. The molecule has 0 saturated carbocycles. The summed E-state index contributed by atoms with van der Waals surface area (Å²) in [7, 11) is 1.42. The molecule has 1 aromatic rings. The summed E-state index contributed by atoms with van der Waals surface area (Å²) < 4.78 is 0. The van der Waals surface area contributed by atoms with E-state index >= 15 is 0 Å². The number of benzene rings is 1. The van der Waals surface area contributed by atoms with Crippen LogP contribution >= 0.6 is 11.8 Å². The van der Waals surface area contributed by atoms with E-state index in [4.69, 9.17) is 0 Å². The van der Waals surface area contributed by atoms with Gasteiger partial charge in [-0.3, -0.25) is 19.3 Å². The van der Waals surface area contributed by atoms with Crippen LogP contribution in [0.1, 0.15) is 6.92 Å². The molecule has 1 fully saturated rings. The van der Waals surface area contributed by atoms with E-state index in [1.54, 1.807) is 19.1 Å². The average molecular weight is 315 g/mol. The molecule has 22 heavy (non-hydrogen) atoms. The molecule has 7 heteroatoms. The molecule has 0 N–H and O–H groups in total. The normalized spacial score (nSPS) is 23.7. The van der Waals surface area contributed by atoms with E-state index < -0.39 is 5.92 Å². The Hall–Kier alpha value is -2.41. The molecule has 0 aliphatic carbocycles. The summed E-state index contributed by atoms with van der Waals surface area (Å²) >= 11 is 0.843. The largest absolute Gasteiger partial charge is 0.293 e. The molecular formula is C15H13N3O3S. The fourth-order valence-electron chi connectivity index (χ4n) is 2.24. The summed E-state index contributed by atoms with van der Waals surface area (Å²) in [6, 6.07) is 9.08. The number of hydrogen-bond donors (Lipinski definition) is 0. The van der Waals surface area contributed by atoms with Crippen molar-refractivity contribution in [2.45, 2.75) is 6.92 Å². The molecule has 0 unspecified atom stereocenters. The van der Waals surface area contributed by atoms with Crippen LogP contribution < -0.4 is 5.01 Å². The van der Waals surface area contributed by atoms with Crippen molar-refractivity contribution < 1.29 is 14.4 Å². The minimum absolute atomic E-state index is 0.230. The van der Waals surface area contributed by atoms with Crippen LogP contribution in [0.25, 0.3) is 0 Å². The van der Waals surface area contributed by atoms with Gasteiger partial charge in [0.05, 0.1) is 22.2 Å². The molecule has 0 spiro atoms. The molecule has 2 aliphatic rings. The van der Waals surface area contributed by atoms with Crippen LogP contribution in [0.4, 0.5) is 10.5 Å². The lowest BCUT2D eigenvalue weighted by Crippen LogP contribution is -2.27. The number of para-hydroxylation sites is 1. The van der Waals surface area contributed by atoms with Gasteiger partial charge in [-0.2, -0.15) is 10.1 Å². The van der Waals surface area contributed by atoms with Gasteiger partial charge >= 0.3 is 0 Å². The van der Waals surface area contributed by atoms with Crippen LogP contribution in [-0.2, 0) is 9.59 Å². The van der Waals surface area contributed by atoms with Crippen LogP contribution in [0.5, 0.6) is 0 Å². The van der Waals surface area contributed by atoms with E-state index in [-0.39, 0.29) is 22.0 Å². The monoisotopic (exact) mass is 315 g/mol. The van der Waals surface area contributed by atoms with Crippen molar-refractivity contribution in [3.63, 3.8) is 0 Å². The van der Waals surface area contributed by atoms with Crippen molar-refractivity contribution in [1.29, 1.82) is 0 Å². The topological polar surface area (TPSA) is 70.1 Å². The Labute approximate surface area is 131 Å². The van der Waals surface area contributed by atoms with E-state index in [0.29, 0.717) is 11.4 Å². The van der Waals surface area contributed by atoms with E-state index in [2.05, 4.69) is 5.10 Å². The van der Waals surface area contributed by atoms with E-state index in [0.717, 1.165) is 16.7 Å². The lowest BCUT2D eigenvalue weighted by atomic mass is 10.0. The Morgan fingerprint density at radius 3 is 2.45 bits per heavy atom. The molecular weight excluding hydrogens is 302 g/mol. The van der Waals surface area contributed by atoms with Crippen molar-refractivity contribution in [3.05, 3.63) is 41.3 Å². The molecule has 1 atom stereocenters. The number of amides is 3. The highest BCUT2D eigenvalue weighted by atomic mass is 32.2. The number of thioether (sulfide) groups is 1. The van der Waals surface area contributed by atoms with Crippen LogP contribution in [0, 0.1) is 5.92 Å². The molecule has 6 nitrogen and oxygen atoms in total. The molecule has 3 rings (SSSR count). The minimum atomic E-state index is -0.619. The van der Waals surface area contributed by atoms with Crippen LogP contribution in [-0.4, -0.2) is 34.7 Å². The highest BCUT2D eigenvalue weighted by Gasteiger charge is 2.37. The number of carbonyl (C=O) groups is 3. The maximum Gasteiger partial charge on any atom is 0.293 e. The summed E-state index contributed by atoms with van der Waals surface area (Å²) in [6.07, 6.45) is 1.53. The van der Waals surface area contributed by atoms with Gasteiger partial charge in [-0.05, 0) is 36.9 Å². The van der Waals surface area contributed by atoms with Crippen LogP contribution in [0.3, 0.4) is 0 Å². The Kier molecular flexibility index (Phi) is 3.58. The standard InChI is InChI=1S/C15H13N3O3S/c1-9-11(8-12-14(20)17(2)15(21)22-12)13(19)18(16-9)10-6-4-3-5-7-10/h3-8,11H,1-2H3/b12-8-/t11-/m0/s1. The van der Waals surface area contributed by atoms with Crippen molar-refractivity contribution in [3.8, 4) is 0 Å². The van der Waals surface area contributed by atoms with Gasteiger partial charge in [0, 0.05) is 7.05 Å². The number of hydrogen-bond acceptors (Lipinski definition) is 5. The molecule has 2 heterocycles. The average Bonchev–Trinajstić information content (AvgIpc) is 2.93.